The molecular formula is C19H19ClN4O2S. The Labute approximate surface area is 166 Å². The number of nitrogens with zero attached hydrogens (tertiary/aromatic N) is 3. The number of thioether (sulfide) groups is 1. The van der Waals surface area contributed by atoms with Gasteiger partial charge < -0.3 is 14.6 Å². The first kappa shape index (κ1) is 19.3. The van der Waals surface area contributed by atoms with Crippen molar-refractivity contribution in [1.29, 1.82) is 0 Å². The van der Waals surface area contributed by atoms with Crippen molar-refractivity contribution in [2.24, 2.45) is 7.05 Å². The van der Waals surface area contributed by atoms with Crippen molar-refractivity contribution in [2.45, 2.75) is 18.7 Å². The van der Waals surface area contributed by atoms with Gasteiger partial charge in [-0.15, -0.1) is 10.2 Å². The number of carbonyl (C=O) groups is 1. The first-order valence-electron chi connectivity index (χ1n) is 8.27. The molecule has 1 amide bonds. The predicted octanol–water partition coefficient (Wildman–Crippen LogP) is 4.09. The van der Waals surface area contributed by atoms with Gasteiger partial charge in [-0.3, -0.25) is 4.79 Å². The standard InChI is InChI=1S/C19H19ClN4O2S/c1-13-6-8-16(9-7-13)26-11-17-22-23-19(24(17)2)27-12-18(25)21-15-5-3-4-14(20)10-15/h3-10H,11-12H2,1-2H3,(H,21,25). The Kier molecular flexibility index (Phi) is 6.36. The molecule has 3 aromatic rings. The predicted molar refractivity (Wildman–Crippen MR) is 107 cm³/mol. The van der Waals surface area contributed by atoms with E-state index in [1.165, 1.54) is 17.3 Å². The van der Waals surface area contributed by atoms with Crippen LogP contribution >= 0.6 is 23.4 Å². The van der Waals surface area contributed by atoms with Crippen LogP contribution in [0.2, 0.25) is 5.02 Å². The number of benzene rings is 2. The number of ether oxygens (including phenoxy) is 1. The highest BCUT2D eigenvalue weighted by atomic mass is 35.5. The average molecular weight is 403 g/mol. The van der Waals surface area contributed by atoms with E-state index < -0.39 is 0 Å². The lowest BCUT2D eigenvalue weighted by molar-refractivity contribution is -0.113. The lowest BCUT2D eigenvalue weighted by Crippen LogP contribution is -2.14. The lowest BCUT2D eigenvalue weighted by Gasteiger charge is -2.07. The van der Waals surface area contributed by atoms with Crippen molar-refractivity contribution in [3.05, 3.63) is 64.9 Å². The van der Waals surface area contributed by atoms with Crippen LogP contribution in [0.5, 0.6) is 5.75 Å². The van der Waals surface area contributed by atoms with Crippen molar-refractivity contribution in [2.75, 3.05) is 11.1 Å². The van der Waals surface area contributed by atoms with Crippen LogP contribution in [0, 0.1) is 6.92 Å². The van der Waals surface area contributed by atoms with Crippen molar-refractivity contribution >= 4 is 35.0 Å². The summed E-state index contributed by atoms with van der Waals surface area (Å²) in [6, 6.07) is 14.9. The molecule has 3 rings (SSSR count). The van der Waals surface area contributed by atoms with E-state index in [1.54, 1.807) is 24.3 Å². The molecule has 0 saturated carbocycles. The number of halogens is 1. The third kappa shape index (κ3) is 5.48. The number of carbonyl (C=O) groups excluding carboxylic acids is 1. The van der Waals surface area contributed by atoms with Gasteiger partial charge in [0.2, 0.25) is 5.91 Å². The van der Waals surface area contributed by atoms with Gasteiger partial charge in [-0.2, -0.15) is 0 Å². The minimum atomic E-state index is -0.136. The summed E-state index contributed by atoms with van der Waals surface area (Å²) in [7, 11) is 1.85. The molecule has 6 nitrogen and oxygen atoms in total. The molecule has 27 heavy (non-hydrogen) atoms. The van der Waals surface area contributed by atoms with E-state index in [2.05, 4.69) is 15.5 Å². The summed E-state index contributed by atoms with van der Waals surface area (Å²) in [5.74, 6) is 1.55. The largest absolute Gasteiger partial charge is 0.486 e. The lowest BCUT2D eigenvalue weighted by atomic mass is 10.2. The smallest absolute Gasteiger partial charge is 0.234 e. The number of aryl methyl sites for hydroxylation is 1. The van der Waals surface area contributed by atoms with Gasteiger partial charge >= 0.3 is 0 Å². The number of rotatable bonds is 7. The second kappa shape index (κ2) is 8.92. The number of nitrogens with one attached hydrogen (secondary N) is 1. The molecular weight excluding hydrogens is 384 g/mol. The Balaban J connectivity index is 1.52. The Hall–Kier alpha value is -2.51. The van der Waals surface area contributed by atoms with Crippen LogP contribution in [0.25, 0.3) is 0 Å². The average Bonchev–Trinajstić information content (AvgIpc) is 2.99. The minimum Gasteiger partial charge on any atom is -0.486 e. The first-order chi connectivity index (χ1) is 13.0. The van der Waals surface area contributed by atoms with E-state index in [4.69, 9.17) is 16.3 Å². The van der Waals surface area contributed by atoms with Gasteiger partial charge in [-0.25, -0.2) is 0 Å². The summed E-state index contributed by atoms with van der Waals surface area (Å²) >= 11 is 7.23. The van der Waals surface area contributed by atoms with Gasteiger partial charge in [0.05, 0.1) is 5.75 Å². The van der Waals surface area contributed by atoms with Gasteiger partial charge in [0, 0.05) is 17.8 Å². The molecule has 1 heterocycles. The van der Waals surface area contributed by atoms with Crippen LogP contribution in [-0.4, -0.2) is 26.4 Å². The summed E-state index contributed by atoms with van der Waals surface area (Å²) in [5.41, 5.74) is 1.84. The molecule has 0 aliphatic rings. The maximum Gasteiger partial charge on any atom is 0.234 e. The maximum absolute atomic E-state index is 12.1. The van der Waals surface area contributed by atoms with E-state index in [1.807, 2.05) is 42.8 Å². The monoisotopic (exact) mass is 402 g/mol. The van der Waals surface area contributed by atoms with Gasteiger partial charge in [0.15, 0.2) is 11.0 Å². The molecule has 0 atom stereocenters. The zero-order chi connectivity index (χ0) is 19.2. The normalized spacial score (nSPS) is 10.6. The molecule has 1 aromatic heterocycles. The molecule has 0 unspecified atom stereocenters. The zero-order valence-electron chi connectivity index (χ0n) is 15.0. The summed E-state index contributed by atoms with van der Waals surface area (Å²) in [5, 5.41) is 12.3. The van der Waals surface area contributed by atoms with Gasteiger partial charge in [-0.05, 0) is 37.3 Å². The molecule has 0 bridgehead atoms. The summed E-state index contributed by atoms with van der Waals surface area (Å²) in [6.07, 6.45) is 0. The maximum atomic E-state index is 12.1. The highest BCUT2D eigenvalue weighted by molar-refractivity contribution is 7.99. The van der Waals surface area contributed by atoms with Gasteiger partial charge in [0.1, 0.15) is 12.4 Å². The molecule has 1 N–H and O–H groups in total. The van der Waals surface area contributed by atoms with E-state index in [9.17, 15) is 4.79 Å². The van der Waals surface area contributed by atoms with Crippen molar-refractivity contribution in [3.63, 3.8) is 0 Å². The number of hydrogen-bond acceptors (Lipinski definition) is 5. The highest BCUT2D eigenvalue weighted by Gasteiger charge is 2.12. The van der Waals surface area contributed by atoms with Crippen LogP contribution in [0.3, 0.4) is 0 Å². The second-order valence-electron chi connectivity index (χ2n) is 5.91. The fraction of sp³-hybridized carbons (Fsp3) is 0.211. The minimum absolute atomic E-state index is 0.136. The molecule has 0 radical (unpaired) electrons. The summed E-state index contributed by atoms with van der Waals surface area (Å²) in [6.45, 7) is 2.33. The van der Waals surface area contributed by atoms with Gasteiger partial charge in [-0.1, -0.05) is 47.1 Å². The fourth-order valence-corrected chi connectivity index (χ4v) is 3.19. The number of hydrogen-bond donors (Lipinski definition) is 1. The molecule has 0 fully saturated rings. The van der Waals surface area contributed by atoms with Crippen LogP contribution in [0.1, 0.15) is 11.4 Å². The van der Waals surface area contributed by atoms with Crippen LogP contribution in [0.15, 0.2) is 53.7 Å². The molecule has 0 aliphatic carbocycles. The summed E-state index contributed by atoms with van der Waals surface area (Å²) in [4.78, 5) is 12.1. The first-order valence-corrected chi connectivity index (χ1v) is 9.63. The third-order valence-corrected chi connectivity index (χ3v) is 5.01. The highest BCUT2D eigenvalue weighted by Crippen LogP contribution is 2.19. The Morgan fingerprint density at radius 1 is 1.22 bits per heavy atom. The Bertz CT molecular complexity index is 928. The van der Waals surface area contributed by atoms with Crippen LogP contribution < -0.4 is 10.1 Å². The third-order valence-electron chi connectivity index (χ3n) is 3.75. The molecule has 0 saturated heterocycles. The van der Waals surface area contributed by atoms with Crippen LogP contribution in [-0.2, 0) is 18.4 Å². The Morgan fingerprint density at radius 2 is 2.00 bits per heavy atom. The van der Waals surface area contributed by atoms with Crippen molar-refractivity contribution in [1.82, 2.24) is 14.8 Å². The molecule has 0 aliphatic heterocycles. The van der Waals surface area contributed by atoms with Crippen molar-refractivity contribution in [3.8, 4) is 5.75 Å². The fourth-order valence-electron chi connectivity index (χ4n) is 2.27. The molecule has 2 aromatic carbocycles. The van der Waals surface area contributed by atoms with E-state index in [-0.39, 0.29) is 11.7 Å². The molecule has 0 spiro atoms. The topological polar surface area (TPSA) is 69.0 Å². The zero-order valence-corrected chi connectivity index (χ0v) is 16.5. The quantitative estimate of drug-likeness (QED) is 0.603. The van der Waals surface area contributed by atoms with Crippen LogP contribution in [0.4, 0.5) is 5.69 Å². The molecule has 8 heteroatoms. The van der Waals surface area contributed by atoms with E-state index in [0.29, 0.717) is 28.3 Å². The van der Waals surface area contributed by atoms with Gasteiger partial charge in [0.25, 0.3) is 0 Å². The number of anilines is 1. The van der Waals surface area contributed by atoms with Crippen molar-refractivity contribution < 1.29 is 9.53 Å². The van der Waals surface area contributed by atoms with E-state index >= 15 is 0 Å². The van der Waals surface area contributed by atoms with E-state index in [0.717, 1.165) is 5.75 Å². The molecule has 140 valence electrons. The Morgan fingerprint density at radius 3 is 2.74 bits per heavy atom. The number of amides is 1. The second-order valence-corrected chi connectivity index (χ2v) is 7.29. The number of aromatic nitrogens is 3. The SMILES string of the molecule is Cc1ccc(OCc2nnc(SCC(=O)Nc3cccc(Cl)c3)n2C)cc1. The summed E-state index contributed by atoms with van der Waals surface area (Å²) < 4.78 is 7.56.